The molecule has 0 unspecified atom stereocenters. The molecule has 1 aliphatic rings. The minimum absolute atomic E-state index is 0.0264. The number of carbonyl (C=O) groups excluding carboxylic acids is 2. The van der Waals surface area contributed by atoms with E-state index in [0.717, 1.165) is 48.4 Å². The lowest BCUT2D eigenvalue weighted by Crippen LogP contribution is -2.28. The van der Waals surface area contributed by atoms with Gasteiger partial charge in [0.05, 0.1) is 12.8 Å². The normalized spacial score (nSPS) is 14.1. The van der Waals surface area contributed by atoms with Crippen molar-refractivity contribution in [3.8, 4) is 0 Å². The van der Waals surface area contributed by atoms with Gasteiger partial charge < -0.3 is 19.5 Å². The van der Waals surface area contributed by atoms with E-state index < -0.39 is 0 Å². The molecule has 1 aromatic heterocycles. The SMILES string of the molecule is CC(=O)N(Cc1ccco1)Cc1cc(NC(=O)C2CCCC2)ccc1N(C)C. The van der Waals surface area contributed by atoms with Crippen LogP contribution in [-0.4, -0.2) is 30.8 Å². The number of benzene rings is 1. The van der Waals surface area contributed by atoms with Crippen molar-refractivity contribution in [2.24, 2.45) is 5.92 Å². The Labute approximate surface area is 166 Å². The summed E-state index contributed by atoms with van der Waals surface area (Å²) in [5.41, 5.74) is 2.78. The minimum atomic E-state index is -0.0264. The molecule has 150 valence electrons. The lowest BCUT2D eigenvalue weighted by molar-refractivity contribution is -0.130. The van der Waals surface area contributed by atoms with Crippen molar-refractivity contribution in [3.63, 3.8) is 0 Å². The molecule has 0 bridgehead atoms. The Bertz CT molecular complexity index is 808. The highest BCUT2D eigenvalue weighted by atomic mass is 16.3. The maximum absolute atomic E-state index is 12.5. The monoisotopic (exact) mass is 383 g/mol. The molecule has 28 heavy (non-hydrogen) atoms. The number of rotatable bonds is 7. The first kappa shape index (κ1) is 20.0. The van der Waals surface area contributed by atoms with E-state index in [0.29, 0.717) is 13.1 Å². The van der Waals surface area contributed by atoms with Crippen molar-refractivity contribution in [2.75, 3.05) is 24.3 Å². The highest BCUT2D eigenvalue weighted by molar-refractivity contribution is 5.93. The number of anilines is 2. The maximum atomic E-state index is 12.5. The summed E-state index contributed by atoms with van der Waals surface area (Å²) >= 11 is 0. The molecule has 2 amide bonds. The molecular formula is C22H29N3O3. The van der Waals surface area contributed by atoms with E-state index >= 15 is 0 Å². The summed E-state index contributed by atoms with van der Waals surface area (Å²) in [5.74, 6) is 0.929. The fourth-order valence-corrected chi connectivity index (χ4v) is 3.73. The van der Waals surface area contributed by atoms with E-state index in [1.807, 2.05) is 49.3 Å². The second-order valence-electron chi connectivity index (χ2n) is 7.66. The van der Waals surface area contributed by atoms with Gasteiger partial charge in [-0.15, -0.1) is 0 Å². The summed E-state index contributed by atoms with van der Waals surface area (Å²) in [6.07, 6.45) is 5.80. The van der Waals surface area contributed by atoms with Crippen LogP contribution in [-0.2, 0) is 22.7 Å². The Balaban J connectivity index is 1.80. The van der Waals surface area contributed by atoms with Crippen LogP contribution in [0.4, 0.5) is 11.4 Å². The second kappa shape index (κ2) is 8.95. The minimum Gasteiger partial charge on any atom is -0.467 e. The van der Waals surface area contributed by atoms with Crippen LogP contribution in [0.3, 0.4) is 0 Å². The van der Waals surface area contributed by atoms with Crippen molar-refractivity contribution in [1.29, 1.82) is 0 Å². The van der Waals surface area contributed by atoms with E-state index in [2.05, 4.69) is 5.32 Å². The molecule has 1 heterocycles. The second-order valence-corrected chi connectivity index (χ2v) is 7.66. The molecule has 0 aliphatic heterocycles. The van der Waals surface area contributed by atoms with Crippen LogP contribution >= 0.6 is 0 Å². The standard InChI is InChI=1S/C22H29N3O3/c1-16(26)25(15-20-9-6-12-28-20)14-18-13-19(10-11-21(18)24(2)3)23-22(27)17-7-4-5-8-17/h6,9-13,17H,4-5,7-8,14-15H2,1-3H3,(H,23,27). The molecule has 1 saturated carbocycles. The van der Waals surface area contributed by atoms with Crippen LogP contribution < -0.4 is 10.2 Å². The molecule has 1 aliphatic carbocycles. The molecule has 0 atom stereocenters. The zero-order valence-corrected chi connectivity index (χ0v) is 16.9. The van der Waals surface area contributed by atoms with Gasteiger partial charge in [-0.1, -0.05) is 12.8 Å². The zero-order chi connectivity index (χ0) is 20.1. The highest BCUT2D eigenvalue weighted by Gasteiger charge is 2.23. The van der Waals surface area contributed by atoms with Gasteiger partial charge in [0.2, 0.25) is 11.8 Å². The fourth-order valence-electron chi connectivity index (χ4n) is 3.73. The Kier molecular flexibility index (Phi) is 6.39. The largest absolute Gasteiger partial charge is 0.467 e. The predicted octanol–water partition coefficient (Wildman–Crippen LogP) is 4.02. The van der Waals surface area contributed by atoms with Crippen LogP contribution in [0.5, 0.6) is 0 Å². The first-order valence-electron chi connectivity index (χ1n) is 9.83. The molecule has 1 N–H and O–H groups in total. The number of hydrogen-bond donors (Lipinski definition) is 1. The summed E-state index contributed by atoms with van der Waals surface area (Å²) in [6, 6.07) is 9.57. The summed E-state index contributed by atoms with van der Waals surface area (Å²) < 4.78 is 5.40. The van der Waals surface area contributed by atoms with Gasteiger partial charge in [-0.2, -0.15) is 0 Å². The number of carbonyl (C=O) groups is 2. The van der Waals surface area contributed by atoms with Crippen LogP contribution in [0.1, 0.15) is 43.9 Å². The number of amides is 2. The van der Waals surface area contributed by atoms with Gasteiger partial charge in [-0.25, -0.2) is 0 Å². The Hall–Kier alpha value is -2.76. The van der Waals surface area contributed by atoms with E-state index in [-0.39, 0.29) is 17.7 Å². The molecule has 6 nitrogen and oxygen atoms in total. The van der Waals surface area contributed by atoms with E-state index in [4.69, 9.17) is 4.42 Å². The molecule has 0 radical (unpaired) electrons. The van der Waals surface area contributed by atoms with Crippen LogP contribution in [0, 0.1) is 5.92 Å². The Morgan fingerprint density at radius 2 is 1.89 bits per heavy atom. The number of nitrogens with zero attached hydrogens (tertiary/aromatic N) is 2. The van der Waals surface area contributed by atoms with E-state index in [1.165, 1.54) is 0 Å². The molecular weight excluding hydrogens is 354 g/mol. The molecule has 6 heteroatoms. The van der Waals surface area contributed by atoms with Crippen molar-refractivity contribution < 1.29 is 14.0 Å². The van der Waals surface area contributed by atoms with Gasteiger partial charge in [0.25, 0.3) is 0 Å². The zero-order valence-electron chi connectivity index (χ0n) is 16.9. The first-order valence-corrected chi connectivity index (χ1v) is 9.83. The van der Waals surface area contributed by atoms with Crippen molar-refractivity contribution >= 4 is 23.2 Å². The van der Waals surface area contributed by atoms with Gasteiger partial charge in [0, 0.05) is 44.9 Å². The molecule has 1 aromatic carbocycles. The third-order valence-electron chi connectivity index (χ3n) is 5.29. The molecule has 3 rings (SSSR count). The average Bonchev–Trinajstić information content (AvgIpc) is 3.35. The van der Waals surface area contributed by atoms with Crippen molar-refractivity contribution in [3.05, 3.63) is 47.9 Å². The van der Waals surface area contributed by atoms with Gasteiger partial charge in [0.15, 0.2) is 0 Å². The van der Waals surface area contributed by atoms with Crippen LogP contribution in [0.15, 0.2) is 41.0 Å². The van der Waals surface area contributed by atoms with Gasteiger partial charge in [0.1, 0.15) is 5.76 Å². The predicted molar refractivity (Wildman–Crippen MR) is 110 cm³/mol. The lowest BCUT2D eigenvalue weighted by atomic mass is 10.1. The topological polar surface area (TPSA) is 65.8 Å². The average molecular weight is 383 g/mol. The summed E-state index contributed by atoms with van der Waals surface area (Å²) in [7, 11) is 3.94. The first-order chi connectivity index (χ1) is 13.4. The molecule has 0 saturated heterocycles. The van der Waals surface area contributed by atoms with E-state index in [1.54, 1.807) is 18.1 Å². The number of nitrogens with one attached hydrogen (secondary N) is 1. The summed E-state index contributed by atoms with van der Waals surface area (Å²) in [5, 5.41) is 3.06. The summed E-state index contributed by atoms with van der Waals surface area (Å²) in [6.45, 7) is 2.41. The van der Waals surface area contributed by atoms with Crippen LogP contribution in [0.25, 0.3) is 0 Å². The quantitative estimate of drug-likeness (QED) is 0.784. The van der Waals surface area contributed by atoms with Gasteiger partial charge in [-0.3, -0.25) is 9.59 Å². The Morgan fingerprint density at radius 3 is 2.50 bits per heavy atom. The highest BCUT2D eigenvalue weighted by Crippen LogP contribution is 2.28. The molecule has 2 aromatic rings. The lowest BCUT2D eigenvalue weighted by Gasteiger charge is -2.25. The molecule has 1 fully saturated rings. The maximum Gasteiger partial charge on any atom is 0.227 e. The fraction of sp³-hybridized carbons (Fsp3) is 0.455. The van der Waals surface area contributed by atoms with Crippen molar-refractivity contribution in [1.82, 2.24) is 4.90 Å². The van der Waals surface area contributed by atoms with Crippen LogP contribution in [0.2, 0.25) is 0 Å². The van der Waals surface area contributed by atoms with E-state index in [9.17, 15) is 9.59 Å². The summed E-state index contributed by atoms with van der Waals surface area (Å²) in [4.78, 5) is 28.4. The van der Waals surface area contributed by atoms with Gasteiger partial charge in [-0.05, 0) is 48.7 Å². The van der Waals surface area contributed by atoms with Crippen molar-refractivity contribution in [2.45, 2.75) is 45.7 Å². The Morgan fingerprint density at radius 1 is 1.14 bits per heavy atom. The van der Waals surface area contributed by atoms with Gasteiger partial charge >= 0.3 is 0 Å². The third-order valence-corrected chi connectivity index (χ3v) is 5.29. The number of hydrogen-bond acceptors (Lipinski definition) is 4. The smallest absolute Gasteiger partial charge is 0.227 e. The molecule has 0 spiro atoms. The number of furan rings is 1. The third kappa shape index (κ3) is 4.94.